The van der Waals surface area contributed by atoms with Crippen molar-refractivity contribution < 1.29 is 4.79 Å². The van der Waals surface area contributed by atoms with Crippen LogP contribution in [0.25, 0.3) is 0 Å². The minimum Gasteiger partial charge on any atom is -0.341 e. The number of nitrogens with one attached hydrogen (secondary N) is 1. The number of carbonyl (C=O) groups excluding carboxylic acids is 1. The Morgan fingerprint density at radius 3 is 2.86 bits per heavy atom. The van der Waals surface area contributed by atoms with Crippen LogP contribution in [0.1, 0.15) is 30.4 Å². The molecule has 110 valence electrons. The molecular weight excluding hydrogens is 286 g/mol. The molecule has 1 aliphatic rings. The number of rotatable bonds is 4. The number of hydrogen-bond acceptors (Lipinski definition) is 2. The number of carbonyl (C=O) groups is 1. The largest absolute Gasteiger partial charge is 0.341 e. The van der Waals surface area contributed by atoms with Crippen molar-refractivity contribution in [3.63, 3.8) is 0 Å². The van der Waals surface area contributed by atoms with Gasteiger partial charge in [-0.2, -0.15) is 5.10 Å². The Labute approximate surface area is 129 Å². The molecule has 5 heteroatoms. The third-order valence-electron chi connectivity index (χ3n) is 4.31. The van der Waals surface area contributed by atoms with E-state index in [9.17, 15) is 4.79 Å². The van der Waals surface area contributed by atoms with Gasteiger partial charge in [0, 0.05) is 30.4 Å². The van der Waals surface area contributed by atoms with E-state index in [4.69, 9.17) is 11.6 Å². The average Bonchev–Trinajstić information content (AvgIpc) is 2.90. The molecule has 1 aromatic carbocycles. The van der Waals surface area contributed by atoms with E-state index in [0.29, 0.717) is 11.6 Å². The molecule has 1 N–H and O–H groups in total. The third kappa shape index (κ3) is 2.56. The molecule has 0 radical (unpaired) electrons. The summed E-state index contributed by atoms with van der Waals surface area (Å²) in [5.74, 6) is 0.164. The molecule has 2 aromatic rings. The fourth-order valence-corrected chi connectivity index (χ4v) is 3.21. The van der Waals surface area contributed by atoms with Crippen molar-refractivity contribution in [2.75, 3.05) is 7.05 Å². The number of likely N-dealkylation sites (N-methyl/N-ethyl adjacent to an activating group) is 1. The van der Waals surface area contributed by atoms with Crippen molar-refractivity contribution in [1.29, 1.82) is 0 Å². The highest BCUT2D eigenvalue weighted by molar-refractivity contribution is 6.30. The van der Waals surface area contributed by atoms with Gasteiger partial charge in [-0.25, -0.2) is 0 Å². The van der Waals surface area contributed by atoms with Gasteiger partial charge in [-0.15, -0.1) is 0 Å². The number of benzene rings is 1. The first kappa shape index (κ1) is 14.1. The number of nitrogens with zero attached hydrogens (tertiary/aromatic N) is 2. The quantitative estimate of drug-likeness (QED) is 0.943. The monoisotopic (exact) mass is 303 g/mol. The number of aromatic amines is 1. The second kappa shape index (κ2) is 5.53. The van der Waals surface area contributed by atoms with Gasteiger partial charge in [0.2, 0.25) is 5.91 Å². The molecule has 0 saturated heterocycles. The molecule has 0 atom stereocenters. The van der Waals surface area contributed by atoms with Gasteiger partial charge >= 0.3 is 0 Å². The van der Waals surface area contributed by atoms with Gasteiger partial charge in [-0.1, -0.05) is 30.2 Å². The Morgan fingerprint density at radius 1 is 1.48 bits per heavy atom. The number of aromatic nitrogens is 2. The molecule has 1 amide bonds. The first-order valence-electron chi connectivity index (χ1n) is 7.11. The second-order valence-corrected chi connectivity index (χ2v) is 6.15. The molecule has 1 fully saturated rings. The lowest BCUT2D eigenvalue weighted by Crippen LogP contribution is -2.49. The van der Waals surface area contributed by atoms with Gasteiger partial charge in [-0.3, -0.25) is 9.89 Å². The second-order valence-electron chi connectivity index (χ2n) is 5.71. The van der Waals surface area contributed by atoms with Crippen molar-refractivity contribution in [3.8, 4) is 0 Å². The maximum atomic E-state index is 12.9. The summed E-state index contributed by atoms with van der Waals surface area (Å²) in [6.07, 6.45) is 6.43. The molecule has 1 heterocycles. The number of hydrogen-bond donors (Lipinski definition) is 1. The van der Waals surface area contributed by atoms with Crippen LogP contribution < -0.4 is 0 Å². The zero-order valence-corrected chi connectivity index (χ0v) is 12.7. The fourth-order valence-electron chi connectivity index (χ4n) is 3.02. The summed E-state index contributed by atoms with van der Waals surface area (Å²) in [4.78, 5) is 14.7. The Balaban J connectivity index is 1.83. The van der Waals surface area contributed by atoms with Gasteiger partial charge in [0.25, 0.3) is 0 Å². The van der Waals surface area contributed by atoms with Crippen molar-refractivity contribution in [2.24, 2.45) is 0 Å². The third-order valence-corrected chi connectivity index (χ3v) is 4.55. The summed E-state index contributed by atoms with van der Waals surface area (Å²) >= 11 is 6.09. The minimum atomic E-state index is -0.399. The van der Waals surface area contributed by atoms with Crippen molar-refractivity contribution >= 4 is 17.5 Å². The van der Waals surface area contributed by atoms with Crippen LogP contribution in [0.2, 0.25) is 5.02 Å². The smallest absolute Gasteiger partial charge is 0.233 e. The van der Waals surface area contributed by atoms with Crippen LogP contribution in [-0.2, 0) is 16.8 Å². The standard InChI is InChI=1S/C16H18ClN3O/c1-20(11-12-9-18-19-10-12)15(21)16(6-3-7-16)13-4-2-5-14(17)8-13/h2,4-5,8-10H,3,6-7,11H2,1H3,(H,18,19). The average molecular weight is 304 g/mol. The number of H-pyrrole nitrogens is 1. The van der Waals surface area contributed by atoms with Crippen LogP contribution in [0.15, 0.2) is 36.7 Å². The normalized spacial score (nSPS) is 16.3. The molecule has 0 bridgehead atoms. The van der Waals surface area contributed by atoms with Gasteiger partial charge in [0.1, 0.15) is 0 Å². The first-order valence-corrected chi connectivity index (χ1v) is 7.49. The number of amides is 1. The summed E-state index contributed by atoms with van der Waals surface area (Å²) in [6.45, 7) is 0.567. The van der Waals surface area contributed by atoms with Gasteiger partial charge in [0.05, 0.1) is 11.6 Å². The van der Waals surface area contributed by atoms with E-state index in [1.165, 1.54) is 0 Å². The van der Waals surface area contributed by atoms with E-state index >= 15 is 0 Å². The lowest BCUT2D eigenvalue weighted by molar-refractivity contribution is -0.140. The summed E-state index contributed by atoms with van der Waals surface area (Å²) in [5, 5.41) is 7.38. The Morgan fingerprint density at radius 2 is 2.29 bits per heavy atom. The molecular formula is C16H18ClN3O. The SMILES string of the molecule is CN(Cc1cn[nH]c1)C(=O)C1(c2cccc(Cl)c2)CCC1. The minimum absolute atomic E-state index is 0.164. The van der Waals surface area contributed by atoms with Gasteiger partial charge < -0.3 is 4.90 Å². The number of halogens is 1. The predicted octanol–water partition coefficient (Wildman–Crippen LogP) is 3.14. The molecule has 1 aliphatic carbocycles. The highest BCUT2D eigenvalue weighted by Gasteiger charge is 2.47. The van der Waals surface area contributed by atoms with Gasteiger partial charge in [0.15, 0.2) is 0 Å². The molecule has 0 spiro atoms. The van der Waals surface area contributed by atoms with Crippen molar-refractivity contribution in [2.45, 2.75) is 31.2 Å². The van der Waals surface area contributed by atoms with E-state index in [-0.39, 0.29) is 5.91 Å². The van der Waals surface area contributed by atoms with E-state index in [0.717, 1.165) is 30.4 Å². The van der Waals surface area contributed by atoms with E-state index in [2.05, 4.69) is 10.2 Å². The molecule has 1 aromatic heterocycles. The van der Waals surface area contributed by atoms with E-state index in [1.807, 2.05) is 37.5 Å². The maximum absolute atomic E-state index is 12.9. The summed E-state index contributed by atoms with van der Waals surface area (Å²) < 4.78 is 0. The maximum Gasteiger partial charge on any atom is 0.233 e. The van der Waals surface area contributed by atoms with Crippen LogP contribution >= 0.6 is 11.6 Å². The summed E-state index contributed by atoms with van der Waals surface area (Å²) in [5.41, 5.74) is 1.64. The molecule has 0 unspecified atom stereocenters. The first-order chi connectivity index (χ1) is 10.1. The van der Waals surface area contributed by atoms with E-state index < -0.39 is 5.41 Å². The fraction of sp³-hybridized carbons (Fsp3) is 0.375. The van der Waals surface area contributed by atoms with Crippen molar-refractivity contribution in [1.82, 2.24) is 15.1 Å². The van der Waals surface area contributed by atoms with Crippen LogP contribution in [0.5, 0.6) is 0 Å². The lowest BCUT2D eigenvalue weighted by Gasteiger charge is -2.43. The van der Waals surface area contributed by atoms with Gasteiger partial charge in [-0.05, 0) is 30.5 Å². The highest BCUT2D eigenvalue weighted by atomic mass is 35.5. The lowest BCUT2D eigenvalue weighted by atomic mass is 9.63. The van der Waals surface area contributed by atoms with Crippen molar-refractivity contribution in [3.05, 3.63) is 52.8 Å². The Hall–Kier alpha value is -1.81. The molecule has 21 heavy (non-hydrogen) atoms. The van der Waals surface area contributed by atoms with Crippen LogP contribution in [0, 0.1) is 0 Å². The Kier molecular flexibility index (Phi) is 3.72. The van der Waals surface area contributed by atoms with Crippen LogP contribution in [0.3, 0.4) is 0 Å². The van der Waals surface area contributed by atoms with Crippen LogP contribution in [-0.4, -0.2) is 28.1 Å². The topological polar surface area (TPSA) is 49.0 Å². The highest BCUT2D eigenvalue weighted by Crippen LogP contribution is 2.45. The molecule has 0 aliphatic heterocycles. The zero-order valence-electron chi connectivity index (χ0n) is 12.0. The predicted molar refractivity (Wildman–Crippen MR) is 82.0 cm³/mol. The van der Waals surface area contributed by atoms with E-state index in [1.54, 1.807) is 11.1 Å². The zero-order chi connectivity index (χ0) is 14.9. The molecule has 3 rings (SSSR count). The van der Waals surface area contributed by atoms with Crippen LogP contribution in [0.4, 0.5) is 0 Å². The molecule has 1 saturated carbocycles. The summed E-state index contributed by atoms with van der Waals surface area (Å²) in [6, 6.07) is 7.69. The molecule has 4 nitrogen and oxygen atoms in total. The Bertz CT molecular complexity index is 635. The summed E-state index contributed by atoms with van der Waals surface area (Å²) in [7, 11) is 1.85.